The summed E-state index contributed by atoms with van der Waals surface area (Å²) in [6.07, 6.45) is 1.84. The maximum Gasteiger partial charge on any atom is 0.248 e. The number of rotatable bonds is 6. The lowest BCUT2D eigenvalue weighted by atomic mass is 10.1. The van der Waals surface area contributed by atoms with Crippen LogP contribution in [0.1, 0.15) is 0 Å². The summed E-state index contributed by atoms with van der Waals surface area (Å²) in [4.78, 5) is 14.6. The van der Waals surface area contributed by atoms with E-state index >= 15 is 0 Å². The molecule has 6 aromatic heterocycles. The number of furan rings is 3. The van der Waals surface area contributed by atoms with Gasteiger partial charge in [0, 0.05) is 54.5 Å². The van der Waals surface area contributed by atoms with Crippen LogP contribution < -0.4 is 9.80 Å². The summed E-state index contributed by atoms with van der Waals surface area (Å²) in [7, 11) is 0. The predicted molar refractivity (Wildman–Crippen MR) is 244 cm³/mol. The number of para-hydroxylation sites is 2. The highest BCUT2D eigenvalue weighted by Gasteiger charge is 2.23. The smallest absolute Gasteiger partial charge is 0.248 e. The second-order valence-corrected chi connectivity index (χ2v) is 16.8. The Kier molecular flexibility index (Phi) is 6.92. The van der Waals surface area contributed by atoms with E-state index in [9.17, 15) is 0 Å². The highest BCUT2D eigenvalue weighted by molar-refractivity contribution is 7.23. The molecule has 0 N–H and O–H groups in total. The number of thiophene rings is 2. The molecule has 0 saturated heterocycles. The van der Waals surface area contributed by atoms with E-state index in [4.69, 9.17) is 23.2 Å². The summed E-state index contributed by atoms with van der Waals surface area (Å²) in [6, 6.07) is 56.8. The number of anilines is 6. The summed E-state index contributed by atoms with van der Waals surface area (Å²) in [5.74, 6) is 0.643. The van der Waals surface area contributed by atoms with Crippen LogP contribution in [0.5, 0.6) is 0 Å². The van der Waals surface area contributed by atoms with Crippen LogP contribution >= 0.6 is 22.7 Å². The molecule has 0 unspecified atom stereocenters. The molecule has 0 fully saturated rings. The van der Waals surface area contributed by atoms with Crippen molar-refractivity contribution in [1.82, 2.24) is 9.97 Å². The molecule has 7 nitrogen and oxygen atoms in total. The molecule has 9 heteroatoms. The van der Waals surface area contributed by atoms with Gasteiger partial charge < -0.3 is 18.2 Å². The van der Waals surface area contributed by atoms with Crippen molar-refractivity contribution in [3.05, 3.63) is 170 Å². The molecular formula is C50H28N4O3S2. The highest BCUT2D eigenvalue weighted by atomic mass is 32.1. The van der Waals surface area contributed by atoms with Gasteiger partial charge in [0.1, 0.15) is 43.4 Å². The Labute approximate surface area is 343 Å². The fraction of sp³-hybridized carbons (Fsp3) is 0. The van der Waals surface area contributed by atoms with Gasteiger partial charge >= 0.3 is 0 Å². The van der Waals surface area contributed by atoms with Crippen LogP contribution in [0.2, 0.25) is 0 Å². The van der Waals surface area contributed by atoms with Gasteiger partial charge in [-0.15, -0.1) is 22.7 Å². The first-order valence-electron chi connectivity index (χ1n) is 19.3. The Morgan fingerprint density at radius 2 is 0.881 bits per heavy atom. The zero-order chi connectivity index (χ0) is 38.6. The molecule has 0 bridgehead atoms. The third-order valence-electron chi connectivity index (χ3n) is 11.1. The lowest BCUT2D eigenvalue weighted by Crippen LogP contribution is -2.10. The summed E-state index contributed by atoms with van der Waals surface area (Å²) in [5.41, 5.74) is 8.08. The number of nitrogens with zero attached hydrogens (tertiary/aromatic N) is 4. The van der Waals surface area contributed by atoms with E-state index < -0.39 is 0 Å². The molecule has 0 atom stereocenters. The molecule has 13 aromatic rings. The van der Waals surface area contributed by atoms with Gasteiger partial charge in [-0.3, -0.25) is 4.90 Å². The first kappa shape index (κ1) is 32.6. The fourth-order valence-corrected chi connectivity index (χ4v) is 10.6. The van der Waals surface area contributed by atoms with Crippen LogP contribution in [0.4, 0.5) is 32.9 Å². The first-order chi connectivity index (χ1) is 29.2. The van der Waals surface area contributed by atoms with Crippen molar-refractivity contribution < 1.29 is 13.3 Å². The van der Waals surface area contributed by atoms with Gasteiger partial charge in [-0.2, -0.15) is 4.98 Å². The van der Waals surface area contributed by atoms with Crippen molar-refractivity contribution in [2.45, 2.75) is 0 Å². The molecular weight excluding hydrogens is 769 g/mol. The van der Waals surface area contributed by atoms with Gasteiger partial charge in [-0.1, -0.05) is 72.8 Å². The van der Waals surface area contributed by atoms with E-state index in [1.807, 2.05) is 42.6 Å². The molecule has 0 saturated carbocycles. The van der Waals surface area contributed by atoms with Crippen molar-refractivity contribution in [2.24, 2.45) is 0 Å². The lowest BCUT2D eigenvalue weighted by molar-refractivity contribution is 0.653. The fourth-order valence-electron chi connectivity index (χ4n) is 8.40. The van der Waals surface area contributed by atoms with Gasteiger partial charge in [-0.25, -0.2) is 4.98 Å². The Morgan fingerprint density at radius 1 is 0.407 bits per heavy atom. The normalized spacial score (nSPS) is 12.1. The first-order valence-corrected chi connectivity index (χ1v) is 20.9. The van der Waals surface area contributed by atoms with E-state index in [0.717, 1.165) is 81.7 Å². The predicted octanol–water partition coefficient (Wildman–Crippen LogP) is 15.5. The maximum absolute atomic E-state index is 6.66. The maximum atomic E-state index is 6.66. The molecule has 0 aliphatic carbocycles. The van der Waals surface area contributed by atoms with Crippen molar-refractivity contribution in [3.63, 3.8) is 0 Å². The largest absolute Gasteiger partial charge is 0.456 e. The molecule has 7 aromatic carbocycles. The number of aromatic nitrogens is 2. The zero-order valence-electron chi connectivity index (χ0n) is 31.0. The van der Waals surface area contributed by atoms with E-state index in [1.54, 1.807) is 22.7 Å². The minimum atomic E-state index is 0.461. The molecule has 0 amide bonds. The van der Waals surface area contributed by atoms with Crippen LogP contribution in [0, 0.1) is 0 Å². The number of fused-ring (bicyclic) bond motifs is 11. The van der Waals surface area contributed by atoms with Crippen molar-refractivity contribution in [3.8, 4) is 0 Å². The third-order valence-corrected chi connectivity index (χ3v) is 13.4. The summed E-state index contributed by atoms with van der Waals surface area (Å²) < 4.78 is 21.8. The van der Waals surface area contributed by atoms with Crippen LogP contribution in [-0.2, 0) is 0 Å². The molecule has 13 rings (SSSR count). The van der Waals surface area contributed by atoms with Crippen molar-refractivity contribution in [1.29, 1.82) is 0 Å². The van der Waals surface area contributed by atoms with E-state index in [-0.39, 0.29) is 0 Å². The second-order valence-electron chi connectivity index (χ2n) is 14.6. The van der Waals surface area contributed by atoms with Crippen LogP contribution in [0.3, 0.4) is 0 Å². The van der Waals surface area contributed by atoms with Crippen LogP contribution in [-0.4, -0.2) is 9.97 Å². The Bertz CT molecular complexity index is 3480. The average molecular weight is 797 g/mol. The van der Waals surface area contributed by atoms with Crippen LogP contribution in [0.25, 0.3) is 86.2 Å². The standard InChI is InChI=1S/C50H28N4O3S2/c1-7-15-44-29(9-1)23-47(58-44)53(31-17-20-36-34-11-3-5-13-39(34)55-41(36)25-31)32-19-22-38-43(26-32)57-50-49(38)51-28-46(52-50)54(48-24-30-10-2-8-16-45(30)59-48)33-18-21-37-35-12-4-6-14-40(35)56-42(37)27-33/h1-28H. The van der Waals surface area contributed by atoms with Gasteiger partial charge in [0.2, 0.25) is 5.71 Å². The third kappa shape index (κ3) is 5.12. The number of hydrogen-bond donors (Lipinski definition) is 0. The molecule has 59 heavy (non-hydrogen) atoms. The van der Waals surface area contributed by atoms with Crippen LogP contribution in [0.15, 0.2) is 183 Å². The molecule has 6 heterocycles. The van der Waals surface area contributed by atoms with Crippen molar-refractivity contribution in [2.75, 3.05) is 9.80 Å². The van der Waals surface area contributed by atoms with E-state index in [1.165, 1.54) is 14.8 Å². The molecule has 0 aliphatic rings. The summed E-state index contributed by atoms with van der Waals surface area (Å²) >= 11 is 3.45. The summed E-state index contributed by atoms with van der Waals surface area (Å²) in [6.45, 7) is 0. The average Bonchev–Trinajstić information content (AvgIpc) is 4.10. The van der Waals surface area contributed by atoms with Crippen molar-refractivity contribution >= 4 is 142 Å². The van der Waals surface area contributed by atoms with Gasteiger partial charge in [-0.05, 0) is 83.6 Å². The second kappa shape index (κ2) is 12.5. The van der Waals surface area contributed by atoms with E-state index in [0.29, 0.717) is 22.6 Å². The number of benzene rings is 7. The highest BCUT2D eigenvalue weighted by Crippen LogP contribution is 2.46. The monoisotopic (exact) mass is 796 g/mol. The Balaban J connectivity index is 0.959. The quantitative estimate of drug-likeness (QED) is 0.166. The van der Waals surface area contributed by atoms with E-state index in [2.05, 4.69) is 137 Å². The SMILES string of the molecule is c1ccc2sc(N(c3ccc4c(c3)oc3ccccc34)c3ccc4c(c3)oc3nc(N(c5ccc6c(c5)oc5ccccc56)c5cc6ccccc6s5)cnc34)cc2c1. The molecule has 0 aliphatic heterocycles. The Morgan fingerprint density at radius 3 is 1.47 bits per heavy atom. The molecule has 0 radical (unpaired) electrons. The summed E-state index contributed by atoms with van der Waals surface area (Å²) in [5, 5.41) is 9.68. The Hall–Kier alpha value is -7.46. The molecule has 278 valence electrons. The van der Waals surface area contributed by atoms with Gasteiger partial charge in [0.25, 0.3) is 0 Å². The lowest BCUT2D eigenvalue weighted by Gasteiger charge is -2.23. The zero-order valence-corrected chi connectivity index (χ0v) is 32.6. The minimum Gasteiger partial charge on any atom is -0.456 e. The molecule has 0 spiro atoms. The topological polar surface area (TPSA) is 71.7 Å². The van der Waals surface area contributed by atoms with Gasteiger partial charge in [0.15, 0.2) is 5.82 Å². The van der Waals surface area contributed by atoms with Gasteiger partial charge in [0.05, 0.1) is 23.3 Å². The number of hydrogen-bond acceptors (Lipinski definition) is 9. The minimum absolute atomic E-state index is 0.461.